The summed E-state index contributed by atoms with van der Waals surface area (Å²) in [6.45, 7) is 1.60. The Labute approximate surface area is 131 Å². The van der Waals surface area contributed by atoms with Crippen LogP contribution in [0.15, 0.2) is 42.5 Å². The molecule has 7 nitrogen and oxygen atoms in total. The zero-order valence-corrected chi connectivity index (χ0v) is 12.3. The van der Waals surface area contributed by atoms with Crippen LogP contribution in [0, 0.1) is 17.0 Å². The molecule has 0 bridgehead atoms. The quantitative estimate of drug-likeness (QED) is 0.651. The van der Waals surface area contributed by atoms with E-state index in [4.69, 9.17) is 5.11 Å². The molecule has 118 valence electrons. The SMILES string of the molecule is Cc1ccc(C(=O)Nc2ccc(CC(=O)O)cc2)cc1[N+](=O)[O-]. The number of nitrogens with one attached hydrogen (secondary N) is 1. The summed E-state index contributed by atoms with van der Waals surface area (Å²) in [5.41, 5.74) is 1.63. The van der Waals surface area contributed by atoms with Gasteiger partial charge in [-0.3, -0.25) is 19.7 Å². The third kappa shape index (κ3) is 4.13. The highest BCUT2D eigenvalue weighted by Gasteiger charge is 2.15. The number of anilines is 1. The molecule has 2 N–H and O–H groups in total. The van der Waals surface area contributed by atoms with Crippen LogP contribution in [0.1, 0.15) is 21.5 Å². The number of rotatable bonds is 5. The van der Waals surface area contributed by atoms with Gasteiger partial charge >= 0.3 is 5.97 Å². The van der Waals surface area contributed by atoms with E-state index in [2.05, 4.69) is 5.32 Å². The first-order valence-electron chi connectivity index (χ1n) is 6.74. The Hall–Kier alpha value is -3.22. The van der Waals surface area contributed by atoms with Crippen LogP contribution >= 0.6 is 0 Å². The average Bonchev–Trinajstić information content (AvgIpc) is 2.48. The highest BCUT2D eigenvalue weighted by Crippen LogP contribution is 2.20. The third-order valence-electron chi connectivity index (χ3n) is 3.24. The Kier molecular flexibility index (Phi) is 4.70. The minimum atomic E-state index is -0.936. The van der Waals surface area contributed by atoms with E-state index < -0.39 is 16.8 Å². The lowest BCUT2D eigenvalue weighted by Gasteiger charge is -2.07. The molecule has 0 aromatic heterocycles. The van der Waals surface area contributed by atoms with Crippen molar-refractivity contribution in [2.75, 3.05) is 5.32 Å². The van der Waals surface area contributed by atoms with Crippen molar-refractivity contribution < 1.29 is 19.6 Å². The lowest BCUT2D eigenvalue weighted by atomic mass is 10.1. The summed E-state index contributed by atoms with van der Waals surface area (Å²) in [6.07, 6.45) is -0.0988. The van der Waals surface area contributed by atoms with Crippen LogP contribution in [0.3, 0.4) is 0 Å². The number of amides is 1. The van der Waals surface area contributed by atoms with Gasteiger partial charge in [-0.1, -0.05) is 18.2 Å². The molecule has 0 radical (unpaired) electrons. The maximum absolute atomic E-state index is 12.1. The Morgan fingerprint density at radius 3 is 2.39 bits per heavy atom. The highest BCUT2D eigenvalue weighted by atomic mass is 16.6. The van der Waals surface area contributed by atoms with E-state index in [1.807, 2.05) is 0 Å². The first kappa shape index (κ1) is 16.2. The predicted octanol–water partition coefficient (Wildman–Crippen LogP) is 2.78. The molecular weight excluding hydrogens is 300 g/mol. The van der Waals surface area contributed by atoms with Gasteiger partial charge in [0, 0.05) is 22.9 Å². The monoisotopic (exact) mass is 314 g/mol. The molecule has 1 amide bonds. The smallest absolute Gasteiger partial charge is 0.307 e. The van der Waals surface area contributed by atoms with E-state index in [9.17, 15) is 19.7 Å². The van der Waals surface area contributed by atoms with Crippen molar-refractivity contribution in [3.05, 3.63) is 69.3 Å². The lowest BCUT2D eigenvalue weighted by molar-refractivity contribution is -0.385. The fraction of sp³-hybridized carbons (Fsp3) is 0.125. The summed E-state index contributed by atoms with van der Waals surface area (Å²) >= 11 is 0. The molecule has 2 aromatic carbocycles. The van der Waals surface area contributed by atoms with Crippen LogP contribution in [0.2, 0.25) is 0 Å². The van der Waals surface area contributed by atoms with E-state index >= 15 is 0 Å². The number of nitrogens with zero attached hydrogens (tertiary/aromatic N) is 1. The molecule has 23 heavy (non-hydrogen) atoms. The number of carbonyl (C=O) groups is 2. The molecule has 2 rings (SSSR count). The molecule has 0 saturated heterocycles. The minimum absolute atomic E-state index is 0.0988. The molecular formula is C16H14N2O5. The van der Waals surface area contributed by atoms with Gasteiger partial charge in [-0.05, 0) is 30.7 Å². The minimum Gasteiger partial charge on any atom is -0.481 e. The van der Waals surface area contributed by atoms with E-state index in [1.165, 1.54) is 18.2 Å². The Balaban J connectivity index is 2.14. The number of benzene rings is 2. The largest absolute Gasteiger partial charge is 0.481 e. The molecule has 2 aromatic rings. The second-order valence-electron chi connectivity index (χ2n) is 4.98. The van der Waals surface area contributed by atoms with E-state index in [1.54, 1.807) is 31.2 Å². The Morgan fingerprint density at radius 1 is 1.17 bits per heavy atom. The number of aliphatic carboxylic acids is 1. The molecule has 0 atom stereocenters. The van der Waals surface area contributed by atoms with Crippen molar-refractivity contribution >= 4 is 23.3 Å². The fourth-order valence-electron chi connectivity index (χ4n) is 2.03. The van der Waals surface area contributed by atoms with E-state index in [-0.39, 0.29) is 17.7 Å². The molecule has 0 saturated carbocycles. The third-order valence-corrected chi connectivity index (χ3v) is 3.24. The van der Waals surface area contributed by atoms with Crippen LogP contribution in [0.25, 0.3) is 0 Å². The van der Waals surface area contributed by atoms with Crippen LogP contribution in [0.5, 0.6) is 0 Å². The van der Waals surface area contributed by atoms with Gasteiger partial charge in [0.2, 0.25) is 0 Å². The molecule has 0 fully saturated rings. The second kappa shape index (κ2) is 6.69. The number of nitro benzene ring substituents is 1. The second-order valence-corrected chi connectivity index (χ2v) is 4.98. The normalized spacial score (nSPS) is 10.1. The summed E-state index contributed by atoms with van der Waals surface area (Å²) in [7, 11) is 0. The van der Waals surface area contributed by atoms with Crippen LogP contribution in [0.4, 0.5) is 11.4 Å². The summed E-state index contributed by atoms with van der Waals surface area (Å²) < 4.78 is 0. The summed E-state index contributed by atoms with van der Waals surface area (Å²) in [5.74, 6) is -1.41. The summed E-state index contributed by atoms with van der Waals surface area (Å²) in [4.78, 5) is 33.1. The van der Waals surface area contributed by atoms with Gasteiger partial charge < -0.3 is 10.4 Å². The maximum atomic E-state index is 12.1. The number of carbonyl (C=O) groups excluding carboxylic acids is 1. The average molecular weight is 314 g/mol. The predicted molar refractivity (Wildman–Crippen MR) is 83.6 cm³/mol. The fourth-order valence-corrected chi connectivity index (χ4v) is 2.03. The Bertz CT molecular complexity index is 769. The molecule has 0 aliphatic carbocycles. The van der Waals surface area contributed by atoms with Crippen molar-refractivity contribution in [3.8, 4) is 0 Å². The van der Waals surface area contributed by atoms with Gasteiger partial charge in [0.15, 0.2) is 0 Å². The zero-order valence-electron chi connectivity index (χ0n) is 12.3. The van der Waals surface area contributed by atoms with E-state index in [0.29, 0.717) is 16.8 Å². The van der Waals surface area contributed by atoms with Gasteiger partial charge in [-0.2, -0.15) is 0 Å². The maximum Gasteiger partial charge on any atom is 0.307 e. The number of hydrogen-bond donors (Lipinski definition) is 2. The molecule has 0 spiro atoms. The van der Waals surface area contributed by atoms with E-state index in [0.717, 1.165) is 0 Å². The van der Waals surface area contributed by atoms with Crippen LogP contribution in [-0.4, -0.2) is 21.9 Å². The molecule has 0 aliphatic heterocycles. The molecule has 0 heterocycles. The van der Waals surface area contributed by atoms with Crippen molar-refractivity contribution in [1.29, 1.82) is 0 Å². The van der Waals surface area contributed by atoms with Gasteiger partial charge in [0.05, 0.1) is 11.3 Å². The van der Waals surface area contributed by atoms with Crippen molar-refractivity contribution in [3.63, 3.8) is 0 Å². The van der Waals surface area contributed by atoms with Gasteiger partial charge in [0.1, 0.15) is 0 Å². The van der Waals surface area contributed by atoms with Crippen molar-refractivity contribution in [1.82, 2.24) is 0 Å². The number of carboxylic acid groups (broad SMARTS) is 1. The number of hydrogen-bond acceptors (Lipinski definition) is 4. The van der Waals surface area contributed by atoms with Crippen molar-refractivity contribution in [2.24, 2.45) is 0 Å². The van der Waals surface area contributed by atoms with Crippen LogP contribution < -0.4 is 5.32 Å². The molecule has 7 heteroatoms. The van der Waals surface area contributed by atoms with Crippen molar-refractivity contribution in [2.45, 2.75) is 13.3 Å². The van der Waals surface area contributed by atoms with Gasteiger partial charge in [0.25, 0.3) is 11.6 Å². The Morgan fingerprint density at radius 2 is 1.83 bits per heavy atom. The first-order chi connectivity index (χ1) is 10.9. The number of carboxylic acids is 1. The first-order valence-corrected chi connectivity index (χ1v) is 6.74. The van der Waals surface area contributed by atoms with Gasteiger partial charge in [-0.15, -0.1) is 0 Å². The number of nitro groups is 1. The topological polar surface area (TPSA) is 110 Å². The van der Waals surface area contributed by atoms with Crippen LogP contribution in [-0.2, 0) is 11.2 Å². The molecule has 0 aliphatic rings. The van der Waals surface area contributed by atoms with Gasteiger partial charge in [-0.25, -0.2) is 0 Å². The standard InChI is InChI=1S/C16H14N2O5/c1-10-2-5-12(9-14(10)18(22)23)16(21)17-13-6-3-11(4-7-13)8-15(19)20/h2-7,9H,8H2,1H3,(H,17,21)(H,19,20). The summed E-state index contributed by atoms with van der Waals surface area (Å²) in [5, 5.41) is 22.2. The zero-order chi connectivity index (χ0) is 17.0. The molecule has 0 unspecified atom stereocenters. The highest BCUT2D eigenvalue weighted by molar-refractivity contribution is 6.04. The lowest BCUT2D eigenvalue weighted by Crippen LogP contribution is -2.12. The number of aryl methyl sites for hydroxylation is 1. The summed E-state index contributed by atoms with van der Waals surface area (Å²) in [6, 6.07) is 10.6.